The number of esters is 1. The first kappa shape index (κ1) is 8.04. The summed E-state index contributed by atoms with van der Waals surface area (Å²) in [4.78, 5) is 10.9. The maximum Gasteiger partial charge on any atom is 0.309 e. The van der Waals surface area contributed by atoms with Crippen LogP contribution in [-0.2, 0) is 9.53 Å². The van der Waals surface area contributed by atoms with E-state index in [1.807, 2.05) is 0 Å². The van der Waals surface area contributed by atoms with E-state index < -0.39 is 0 Å². The van der Waals surface area contributed by atoms with Crippen LogP contribution in [0, 0.1) is 5.92 Å². The molecular formula is C7H11NO3. The van der Waals surface area contributed by atoms with Gasteiger partial charge in [0, 0.05) is 12.8 Å². The fraction of sp³-hybridized carbons (Fsp3) is 0.714. The summed E-state index contributed by atoms with van der Waals surface area (Å²) in [6.07, 6.45) is 1.10. The smallest absolute Gasteiger partial charge is 0.309 e. The van der Waals surface area contributed by atoms with Gasteiger partial charge in [0.25, 0.3) is 0 Å². The summed E-state index contributed by atoms with van der Waals surface area (Å²) in [6, 6.07) is 0. The average Bonchev–Trinajstić information content (AvgIpc) is 1.86. The lowest BCUT2D eigenvalue weighted by Gasteiger charge is -2.23. The molecule has 4 heteroatoms. The number of nitrogens with zero attached hydrogens (tertiary/aromatic N) is 1. The predicted octanol–water partition coefficient (Wildman–Crippen LogP) is 0.790. The van der Waals surface area contributed by atoms with E-state index in [9.17, 15) is 4.79 Å². The summed E-state index contributed by atoms with van der Waals surface area (Å²) in [7, 11) is 0. The van der Waals surface area contributed by atoms with Crippen LogP contribution in [0.3, 0.4) is 0 Å². The molecule has 0 aromatic heterocycles. The lowest BCUT2D eigenvalue weighted by atomic mass is 9.83. The van der Waals surface area contributed by atoms with Crippen LogP contribution in [0.25, 0.3) is 0 Å². The minimum Gasteiger partial charge on any atom is -0.466 e. The number of carbonyl (C=O) groups excluding carboxylic acids is 1. The third kappa shape index (κ3) is 1.69. The number of oxime groups is 1. The van der Waals surface area contributed by atoms with Crippen molar-refractivity contribution in [3.63, 3.8) is 0 Å². The molecule has 0 bridgehead atoms. The quantitative estimate of drug-likeness (QED) is 0.366. The normalized spacial score (nSPS) is 22.3. The Balaban J connectivity index is 2.26. The first-order valence-electron chi connectivity index (χ1n) is 3.64. The third-order valence-corrected chi connectivity index (χ3v) is 1.73. The number of hydrogen-bond donors (Lipinski definition) is 1. The molecule has 11 heavy (non-hydrogen) atoms. The molecule has 0 radical (unpaired) electrons. The minimum atomic E-state index is -0.181. The lowest BCUT2D eigenvalue weighted by molar-refractivity contribution is -0.148. The third-order valence-electron chi connectivity index (χ3n) is 1.73. The van der Waals surface area contributed by atoms with E-state index in [1.165, 1.54) is 0 Å². The van der Waals surface area contributed by atoms with Crippen molar-refractivity contribution in [2.75, 3.05) is 6.61 Å². The summed E-state index contributed by atoms with van der Waals surface area (Å²) in [5, 5.41) is 11.2. The molecule has 0 heterocycles. The van der Waals surface area contributed by atoms with E-state index in [-0.39, 0.29) is 11.9 Å². The molecule has 62 valence electrons. The van der Waals surface area contributed by atoms with Gasteiger partial charge in [-0.3, -0.25) is 4.79 Å². The van der Waals surface area contributed by atoms with Crippen molar-refractivity contribution >= 4 is 11.7 Å². The van der Waals surface area contributed by atoms with Crippen molar-refractivity contribution in [2.45, 2.75) is 19.8 Å². The van der Waals surface area contributed by atoms with Gasteiger partial charge in [-0.05, 0) is 6.92 Å². The van der Waals surface area contributed by atoms with E-state index in [1.54, 1.807) is 6.92 Å². The van der Waals surface area contributed by atoms with E-state index in [0.29, 0.717) is 25.2 Å². The molecule has 1 aliphatic rings. The summed E-state index contributed by atoms with van der Waals surface area (Å²) >= 11 is 0. The maximum atomic E-state index is 10.9. The van der Waals surface area contributed by atoms with Gasteiger partial charge in [-0.25, -0.2) is 0 Å². The first-order chi connectivity index (χ1) is 5.27. The average molecular weight is 157 g/mol. The zero-order chi connectivity index (χ0) is 8.27. The Morgan fingerprint density at radius 2 is 2.45 bits per heavy atom. The number of ether oxygens (including phenoxy) is 1. The predicted molar refractivity (Wildman–Crippen MR) is 38.6 cm³/mol. The van der Waals surface area contributed by atoms with Crippen molar-refractivity contribution in [3.05, 3.63) is 0 Å². The Hall–Kier alpha value is -1.06. The summed E-state index contributed by atoms with van der Waals surface area (Å²) in [5.41, 5.74) is 0.683. The van der Waals surface area contributed by atoms with E-state index >= 15 is 0 Å². The fourth-order valence-electron chi connectivity index (χ4n) is 1.02. The Bertz CT molecular complexity index is 180. The zero-order valence-electron chi connectivity index (χ0n) is 6.41. The lowest BCUT2D eigenvalue weighted by Crippen LogP contribution is -2.32. The molecular weight excluding hydrogens is 146 g/mol. The van der Waals surface area contributed by atoms with E-state index in [2.05, 4.69) is 5.16 Å². The van der Waals surface area contributed by atoms with Gasteiger partial charge in [0.2, 0.25) is 0 Å². The highest BCUT2D eigenvalue weighted by Crippen LogP contribution is 2.25. The second-order valence-corrected chi connectivity index (χ2v) is 2.52. The van der Waals surface area contributed by atoms with Gasteiger partial charge >= 0.3 is 5.97 Å². The van der Waals surface area contributed by atoms with Crippen LogP contribution in [0.5, 0.6) is 0 Å². The highest BCUT2D eigenvalue weighted by Gasteiger charge is 2.32. The molecule has 1 aliphatic carbocycles. The van der Waals surface area contributed by atoms with E-state index in [0.717, 1.165) is 0 Å². The van der Waals surface area contributed by atoms with E-state index in [4.69, 9.17) is 9.94 Å². The zero-order valence-corrected chi connectivity index (χ0v) is 6.41. The Morgan fingerprint density at radius 1 is 1.82 bits per heavy atom. The van der Waals surface area contributed by atoms with Gasteiger partial charge in [0.05, 0.1) is 18.2 Å². The standard InChI is InChI=1S/C7H11NO3/c1-2-11-7(9)5-3-6(4-5)8-10/h5,10H,2-4H2,1H3. The largest absolute Gasteiger partial charge is 0.466 e. The molecule has 0 aromatic rings. The second kappa shape index (κ2) is 3.37. The monoisotopic (exact) mass is 157 g/mol. The first-order valence-corrected chi connectivity index (χ1v) is 3.64. The van der Waals surface area contributed by atoms with Crippen LogP contribution in [0.15, 0.2) is 5.16 Å². The van der Waals surface area contributed by atoms with Crippen molar-refractivity contribution < 1.29 is 14.7 Å². The van der Waals surface area contributed by atoms with Crippen LogP contribution in [0.4, 0.5) is 0 Å². The molecule has 0 unspecified atom stereocenters. The number of rotatable bonds is 2. The van der Waals surface area contributed by atoms with Crippen molar-refractivity contribution in [2.24, 2.45) is 11.1 Å². The SMILES string of the molecule is CCOC(=O)C1CC(=NO)C1. The molecule has 1 rings (SSSR count). The van der Waals surface area contributed by atoms with Crippen LogP contribution >= 0.6 is 0 Å². The van der Waals surface area contributed by atoms with Gasteiger partial charge in [-0.2, -0.15) is 0 Å². The topological polar surface area (TPSA) is 58.9 Å². The molecule has 0 atom stereocenters. The Kier molecular flexibility index (Phi) is 2.46. The molecule has 0 aromatic carbocycles. The Labute approximate surface area is 64.8 Å². The van der Waals surface area contributed by atoms with Crippen LogP contribution < -0.4 is 0 Å². The molecule has 0 aliphatic heterocycles. The highest BCUT2D eigenvalue weighted by molar-refractivity contribution is 5.97. The fourth-order valence-corrected chi connectivity index (χ4v) is 1.02. The van der Waals surface area contributed by atoms with Crippen LogP contribution in [-0.4, -0.2) is 23.5 Å². The summed E-state index contributed by atoms with van der Waals surface area (Å²) in [5.74, 6) is -0.249. The molecule has 1 saturated carbocycles. The van der Waals surface area contributed by atoms with Crippen molar-refractivity contribution in [3.8, 4) is 0 Å². The molecule has 4 nitrogen and oxygen atoms in total. The molecule has 1 N–H and O–H groups in total. The van der Waals surface area contributed by atoms with Gasteiger partial charge in [0.15, 0.2) is 0 Å². The van der Waals surface area contributed by atoms with Gasteiger partial charge in [-0.15, -0.1) is 0 Å². The van der Waals surface area contributed by atoms with Gasteiger partial charge < -0.3 is 9.94 Å². The molecule has 0 spiro atoms. The Morgan fingerprint density at radius 3 is 2.91 bits per heavy atom. The number of hydrogen-bond acceptors (Lipinski definition) is 4. The minimum absolute atomic E-state index is 0.0687. The van der Waals surface area contributed by atoms with Crippen molar-refractivity contribution in [1.82, 2.24) is 0 Å². The summed E-state index contributed by atoms with van der Waals surface area (Å²) < 4.78 is 4.76. The van der Waals surface area contributed by atoms with Crippen LogP contribution in [0.1, 0.15) is 19.8 Å². The van der Waals surface area contributed by atoms with Crippen molar-refractivity contribution in [1.29, 1.82) is 0 Å². The molecule has 0 amide bonds. The summed E-state index contributed by atoms with van der Waals surface area (Å²) in [6.45, 7) is 2.19. The molecule has 1 fully saturated rings. The van der Waals surface area contributed by atoms with Gasteiger partial charge in [-0.1, -0.05) is 5.16 Å². The van der Waals surface area contributed by atoms with Gasteiger partial charge in [0.1, 0.15) is 0 Å². The highest BCUT2D eigenvalue weighted by atomic mass is 16.5. The maximum absolute atomic E-state index is 10.9. The molecule has 0 saturated heterocycles. The van der Waals surface area contributed by atoms with Crippen LogP contribution in [0.2, 0.25) is 0 Å². The number of carbonyl (C=O) groups is 1. The second-order valence-electron chi connectivity index (χ2n) is 2.52.